The molecule has 18 heavy (non-hydrogen) atoms. The molecule has 1 aliphatic rings. The zero-order valence-corrected chi connectivity index (χ0v) is 10.8. The molecule has 1 aromatic heterocycles. The number of anilines is 1. The number of rotatable bonds is 2. The number of benzene rings is 1. The van der Waals surface area contributed by atoms with E-state index in [4.69, 9.17) is 0 Å². The molecule has 1 fully saturated rings. The van der Waals surface area contributed by atoms with E-state index in [9.17, 15) is 5.11 Å². The molecule has 0 radical (unpaired) electrons. The molecule has 2 N–H and O–H groups in total. The lowest BCUT2D eigenvalue weighted by atomic mass is 10.2. The first-order valence-corrected chi connectivity index (χ1v) is 6.91. The summed E-state index contributed by atoms with van der Waals surface area (Å²) < 4.78 is 0. The topological polar surface area (TPSA) is 48.4 Å². The highest BCUT2D eigenvalue weighted by Gasteiger charge is 2.14. The van der Waals surface area contributed by atoms with Gasteiger partial charge >= 0.3 is 0 Å². The molecule has 0 amide bonds. The molecule has 0 bridgehead atoms. The number of aromatic hydroxyl groups is 1. The highest BCUT2D eigenvalue weighted by Crippen LogP contribution is 2.28. The number of aromatic nitrogens is 1. The first-order chi connectivity index (χ1) is 8.83. The molecule has 4 nitrogen and oxygen atoms in total. The van der Waals surface area contributed by atoms with Gasteiger partial charge in [0.2, 0.25) is 0 Å². The van der Waals surface area contributed by atoms with Crippen LogP contribution in [0, 0.1) is 0 Å². The van der Waals surface area contributed by atoms with Gasteiger partial charge in [-0.3, -0.25) is 0 Å². The number of thiazole rings is 1. The number of phenols is 1. The van der Waals surface area contributed by atoms with Gasteiger partial charge in [-0.05, 0) is 24.3 Å². The molecule has 3 rings (SSSR count). The lowest BCUT2D eigenvalue weighted by Crippen LogP contribution is -2.43. The minimum absolute atomic E-state index is 0.288. The Morgan fingerprint density at radius 1 is 1.17 bits per heavy atom. The third-order valence-corrected chi connectivity index (χ3v) is 3.94. The van der Waals surface area contributed by atoms with Crippen LogP contribution in [0.25, 0.3) is 11.3 Å². The summed E-state index contributed by atoms with van der Waals surface area (Å²) in [6.45, 7) is 4.08. The fraction of sp³-hybridized carbons (Fsp3) is 0.308. The highest BCUT2D eigenvalue weighted by molar-refractivity contribution is 7.14. The Bertz CT molecular complexity index is 517. The highest BCUT2D eigenvalue weighted by atomic mass is 32.1. The van der Waals surface area contributed by atoms with Gasteiger partial charge in [0.25, 0.3) is 0 Å². The maximum atomic E-state index is 9.28. The van der Waals surface area contributed by atoms with Crippen LogP contribution >= 0.6 is 11.3 Å². The third kappa shape index (κ3) is 2.32. The van der Waals surface area contributed by atoms with E-state index < -0.39 is 0 Å². The van der Waals surface area contributed by atoms with Crippen molar-refractivity contribution in [2.45, 2.75) is 0 Å². The van der Waals surface area contributed by atoms with E-state index in [1.165, 1.54) is 0 Å². The van der Waals surface area contributed by atoms with Crippen molar-refractivity contribution in [2.75, 3.05) is 31.1 Å². The van der Waals surface area contributed by atoms with Crippen LogP contribution in [0.5, 0.6) is 5.75 Å². The normalized spacial score (nSPS) is 15.9. The van der Waals surface area contributed by atoms with Gasteiger partial charge in [-0.2, -0.15) is 0 Å². The number of nitrogens with zero attached hydrogens (tertiary/aromatic N) is 2. The quantitative estimate of drug-likeness (QED) is 0.867. The first-order valence-electron chi connectivity index (χ1n) is 6.03. The van der Waals surface area contributed by atoms with Crippen molar-refractivity contribution in [2.24, 2.45) is 0 Å². The molecule has 1 aliphatic heterocycles. The summed E-state index contributed by atoms with van der Waals surface area (Å²) in [7, 11) is 0. The SMILES string of the molecule is Oc1ccc(-c2csc(N3CCNCC3)n2)cc1. The predicted molar refractivity (Wildman–Crippen MR) is 74.3 cm³/mol. The van der Waals surface area contributed by atoms with Crippen molar-refractivity contribution in [3.8, 4) is 17.0 Å². The van der Waals surface area contributed by atoms with Gasteiger partial charge in [0.1, 0.15) is 5.75 Å². The Kier molecular flexibility index (Phi) is 3.17. The Labute approximate surface area is 110 Å². The number of phenolic OH excluding ortho intramolecular Hbond substituents is 1. The van der Waals surface area contributed by atoms with E-state index in [1.54, 1.807) is 23.5 Å². The van der Waals surface area contributed by atoms with Crippen molar-refractivity contribution >= 4 is 16.5 Å². The van der Waals surface area contributed by atoms with Crippen LogP contribution in [0.1, 0.15) is 0 Å². The van der Waals surface area contributed by atoms with Gasteiger partial charge in [-0.25, -0.2) is 4.98 Å². The summed E-state index contributed by atoms with van der Waals surface area (Å²) >= 11 is 1.68. The van der Waals surface area contributed by atoms with E-state index >= 15 is 0 Å². The second kappa shape index (κ2) is 4.96. The van der Waals surface area contributed by atoms with Gasteiger partial charge in [-0.15, -0.1) is 11.3 Å². The van der Waals surface area contributed by atoms with Crippen molar-refractivity contribution in [3.63, 3.8) is 0 Å². The second-order valence-corrected chi connectivity index (χ2v) is 5.14. The van der Waals surface area contributed by atoms with Gasteiger partial charge in [-0.1, -0.05) is 0 Å². The standard InChI is InChI=1S/C13H15N3OS/c17-11-3-1-10(2-4-11)12-9-18-13(15-12)16-7-5-14-6-8-16/h1-4,9,14,17H,5-8H2. The monoisotopic (exact) mass is 261 g/mol. The van der Waals surface area contributed by atoms with Crippen molar-refractivity contribution in [3.05, 3.63) is 29.6 Å². The molecule has 2 heterocycles. The molecule has 1 saturated heterocycles. The van der Waals surface area contributed by atoms with Crippen LogP contribution in [-0.2, 0) is 0 Å². The van der Waals surface area contributed by atoms with Crippen LogP contribution < -0.4 is 10.2 Å². The average molecular weight is 261 g/mol. The lowest BCUT2D eigenvalue weighted by Gasteiger charge is -2.26. The molecule has 5 heteroatoms. The van der Waals surface area contributed by atoms with E-state index in [1.807, 2.05) is 12.1 Å². The number of nitrogens with one attached hydrogen (secondary N) is 1. The maximum Gasteiger partial charge on any atom is 0.185 e. The van der Waals surface area contributed by atoms with Crippen molar-refractivity contribution in [1.82, 2.24) is 10.3 Å². The van der Waals surface area contributed by atoms with E-state index in [-0.39, 0.29) is 5.75 Å². The molecular weight excluding hydrogens is 246 g/mol. The summed E-state index contributed by atoms with van der Waals surface area (Å²) in [5.74, 6) is 0.288. The average Bonchev–Trinajstić information content (AvgIpc) is 2.90. The zero-order valence-electron chi connectivity index (χ0n) is 9.97. The summed E-state index contributed by atoms with van der Waals surface area (Å²) in [6, 6.07) is 7.18. The van der Waals surface area contributed by atoms with E-state index in [2.05, 4.69) is 20.6 Å². The minimum atomic E-state index is 0.288. The summed E-state index contributed by atoms with van der Waals surface area (Å²) in [6.07, 6.45) is 0. The molecular formula is C13H15N3OS. The molecule has 0 spiro atoms. The maximum absolute atomic E-state index is 9.28. The fourth-order valence-electron chi connectivity index (χ4n) is 2.03. The molecule has 94 valence electrons. The largest absolute Gasteiger partial charge is 0.508 e. The van der Waals surface area contributed by atoms with Crippen LogP contribution in [0.15, 0.2) is 29.6 Å². The molecule has 2 aromatic rings. The van der Waals surface area contributed by atoms with E-state index in [0.29, 0.717) is 0 Å². The third-order valence-electron chi connectivity index (χ3n) is 3.04. The first kappa shape index (κ1) is 11.5. The Balaban J connectivity index is 1.82. The van der Waals surface area contributed by atoms with Crippen LogP contribution in [0.4, 0.5) is 5.13 Å². The smallest absolute Gasteiger partial charge is 0.185 e. The van der Waals surface area contributed by atoms with Crippen LogP contribution in [0.2, 0.25) is 0 Å². The van der Waals surface area contributed by atoms with Crippen LogP contribution in [-0.4, -0.2) is 36.3 Å². The Hall–Kier alpha value is -1.59. The van der Waals surface area contributed by atoms with E-state index in [0.717, 1.165) is 42.6 Å². The molecule has 1 aromatic carbocycles. The van der Waals surface area contributed by atoms with Gasteiger partial charge < -0.3 is 15.3 Å². The Morgan fingerprint density at radius 2 is 1.89 bits per heavy atom. The van der Waals surface area contributed by atoms with Crippen molar-refractivity contribution in [1.29, 1.82) is 0 Å². The van der Waals surface area contributed by atoms with Crippen LogP contribution in [0.3, 0.4) is 0 Å². The second-order valence-electron chi connectivity index (χ2n) is 4.30. The van der Waals surface area contributed by atoms with Gasteiger partial charge in [0, 0.05) is 37.1 Å². The molecule has 0 atom stereocenters. The molecule has 0 saturated carbocycles. The summed E-state index contributed by atoms with van der Waals surface area (Å²) in [5, 5.41) is 15.8. The summed E-state index contributed by atoms with van der Waals surface area (Å²) in [5.41, 5.74) is 2.03. The number of hydrogen-bond donors (Lipinski definition) is 2. The van der Waals surface area contributed by atoms with Gasteiger partial charge in [0.15, 0.2) is 5.13 Å². The Morgan fingerprint density at radius 3 is 2.61 bits per heavy atom. The van der Waals surface area contributed by atoms with Gasteiger partial charge in [0.05, 0.1) is 5.69 Å². The zero-order chi connectivity index (χ0) is 12.4. The van der Waals surface area contributed by atoms with Crippen molar-refractivity contribution < 1.29 is 5.11 Å². The molecule has 0 aliphatic carbocycles. The number of piperazine rings is 1. The predicted octanol–water partition coefficient (Wildman–Crippen LogP) is 1.93. The molecule has 0 unspecified atom stereocenters. The summed E-state index contributed by atoms with van der Waals surface area (Å²) in [4.78, 5) is 6.98. The number of hydrogen-bond acceptors (Lipinski definition) is 5. The lowest BCUT2D eigenvalue weighted by molar-refractivity contribution is 0.475. The fourth-order valence-corrected chi connectivity index (χ4v) is 2.92. The minimum Gasteiger partial charge on any atom is -0.508 e.